The Morgan fingerprint density at radius 2 is 1.63 bits per heavy atom. The van der Waals surface area contributed by atoms with Gasteiger partial charge in [0.15, 0.2) is 0 Å². The van der Waals surface area contributed by atoms with Crippen LogP contribution in [0.25, 0.3) is 0 Å². The van der Waals surface area contributed by atoms with Gasteiger partial charge in [-0.3, -0.25) is 4.72 Å². The highest BCUT2D eigenvalue weighted by molar-refractivity contribution is 7.92. The van der Waals surface area contributed by atoms with Gasteiger partial charge in [-0.15, -0.1) is 0 Å². The van der Waals surface area contributed by atoms with Gasteiger partial charge in [0, 0.05) is 11.6 Å². The first kappa shape index (κ1) is 18.5. The van der Waals surface area contributed by atoms with Gasteiger partial charge in [0.05, 0.1) is 11.0 Å². The Kier molecular flexibility index (Phi) is 4.17. The van der Waals surface area contributed by atoms with Crippen LogP contribution in [-0.4, -0.2) is 19.6 Å². The maximum atomic E-state index is 13.1. The lowest BCUT2D eigenvalue weighted by molar-refractivity contribution is 0.00433. The molecule has 2 bridgehead atoms. The summed E-state index contributed by atoms with van der Waals surface area (Å²) in [6.45, 7) is 6.58. The molecule has 2 saturated carbocycles. The predicted molar refractivity (Wildman–Crippen MR) is 107 cm³/mol. The number of anilines is 1. The van der Waals surface area contributed by atoms with E-state index in [2.05, 4.69) is 25.5 Å². The Morgan fingerprint density at radius 1 is 1.00 bits per heavy atom. The van der Waals surface area contributed by atoms with E-state index in [1.165, 1.54) is 0 Å². The molecule has 4 unspecified atom stereocenters. The van der Waals surface area contributed by atoms with Gasteiger partial charge in [0.2, 0.25) is 0 Å². The van der Waals surface area contributed by atoms with Crippen molar-refractivity contribution < 1.29 is 13.5 Å². The zero-order chi connectivity index (χ0) is 19.4. The lowest BCUT2D eigenvalue weighted by Crippen LogP contribution is -2.37. The molecule has 4 nitrogen and oxygen atoms in total. The molecule has 0 saturated heterocycles. The number of hydrogen-bond acceptors (Lipinski definition) is 3. The highest BCUT2D eigenvalue weighted by Gasteiger charge is 2.66. The van der Waals surface area contributed by atoms with Crippen molar-refractivity contribution in [2.24, 2.45) is 16.7 Å². The molecule has 2 N–H and O–H groups in total. The largest absolute Gasteiger partial charge is 0.392 e. The predicted octanol–water partition coefficient (Wildman–Crippen LogP) is 4.39. The summed E-state index contributed by atoms with van der Waals surface area (Å²) in [4.78, 5) is 0.268. The number of hydrogen-bond donors (Lipinski definition) is 2. The molecule has 5 heteroatoms. The monoisotopic (exact) mass is 385 g/mol. The van der Waals surface area contributed by atoms with Crippen LogP contribution in [0.15, 0.2) is 59.5 Å². The summed E-state index contributed by atoms with van der Waals surface area (Å²) in [7, 11) is -3.74. The number of benzene rings is 2. The summed E-state index contributed by atoms with van der Waals surface area (Å²) in [6.07, 6.45) is 1.46. The zero-order valence-corrected chi connectivity index (χ0v) is 16.8. The van der Waals surface area contributed by atoms with Gasteiger partial charge in [-0.2, -0.15) is 0 Å². The molecule has 2 aliphatic carbocycles. The lowest BCUT2D eigenvalue weighted by atomic mass is 9.70. The lowest BCUT2D eigenvalue weighted by Gasteiger charge is -2.37. The Hall–Kier alpha value is -1.85. The van der Waals surface area contributed by atoms with Gasteiger partial charge in [-0.1, -0.05) is 57.2 Å². The number of fused-ring (bicyclic) bond motifs is 2. The fourth-order valence-corrected chi connectivity index (χ4v) is 6.77. The van der Waals surface area contributed by atoms with Gasteiger partial charge in [-0.05, 0) is 53.4 Å². The minimum atomic E-state index is -3.74. The third kappa shape index (κ3) is 2.63. The third-order valence-corrected chi connectivity index (χ3v) is 8.85. The van der Waals surface area contributed by atoms with Crippen molar-refractivity contribution in [3.8, 4) is 0 Å². The molecule has 0 aliphatic heterocycles. The summed E-state index contributed by atoms with van der Waals surface area (Å²) in [6, 6.07) is 16.0. The fourth-order valence-electron chi connectivity index (χ4n) is 5.44. The van der Waals surface area contributed by atoms with E-state index in [4.69, 9.17) is 0 Å². The highest BCUT2D eigenvalue weighted by atomic mass is 32.2. The number of sulfonamides is 1. The molecule has 144 valence electrons. The molecule has 2 aromatic rings. The van der Waals surface area contributed by atoms with Crippen LogP contribution in [0, 0.1) is 16.7 Å². The molecule has 0 spiro atoms. The van der Waals surface area contributed by atoms with Crippen LogP contribution in [0.2, 0.25) is 0 Å². The van der Waals surface area contributed by atoms with E-state index in [1.807, 2.05) is 18.2 Å². The molecule has 2 aromatic carbocycles. The molecule has 2 fully saturated rings. The number of aliphatic hydroxyl groups excluding tert-OH is 1. The van der Waals surface area contributed by atoms with Gasteiger partial charge < -0.3 is 5.11 Å². The number of aliphatic hydroxyl groups is 1. The SMILES string of the molecule is CC1(C)C2CCC1(C)C(O)C2c1ccccc1S(=O)(=O)Nc1ccccc1. The van der Waals surface area contributed by atoms with Crippen molar-refractivity contribution in [3.63, 3.8) is 0 Å². The molecule has 4 rings (SSSR count). The molecule has 0 amide bonds. The first-order valence-corrected chi connectivity index (χ1v) is 11.0. The molecule has 0 aromatic heterocycles. The second-order valence-corrected chi connectivity index (χ2v) is 10.4. The van der Waals surface area contributed by atoms with Crippen LogP contribution in [0.5, 0.6) is 0 Å². The highest BCUT2D eigenvalue weighted by Crippen LogP contribution is 2.70. The Balaban J connectivity index is 1.77. The topological polar surface area (TPSA) is 66.4 Å². The second kappa shape index (κ2) is 6.08. The molecular formula is C22H27NO3S. The average molecular weight is 386 g/mol. The maximum absolute atomic E-state index is 13.1. The van der Waals surface area contributed by atoms with E-state index in [-0.39, 0.29) is 27.6 Å². The summed E-state index contributed by atoms with van der Waals surface area (Å²) in [5, 5.41) is 11.2. The molecular weight excluding hydrogens is 358 g/mol. The van der Waals surface area contributed by atoms with E-state index in [1.54, 1.807) is 36.4 Å². The smallest absolute Gasteiger partial charge is 0.262 e. The van der Waals surface area contributed by atoms with Crippen molar-refractivity contribution >= 4 is 15.7 Å². The van der Waals surface area contributed by atoms with Crippen LogP contribution < -0.4 is 4.72 Å². The third-order valence-electron chi connectivity index (χ3n) is 7.39. The fraction of sp³-hybridized carbons (Fsp3) is 0.455. The van der Waals surface area contributed by atoms with Crippen molar-refractivity contribution in [2.45, 2.75) is 50.5 Å². The van der Waals surface area contributed by atoms with Crippen molar-refractivity contribution in [1.29, 1.82) is 0 Å². The van der Waals surface area contributed by atoms with Crippen molar-refractivity contribution in [1.82, 2.24) is 0 Å². The maximum Gasteiger partial charge on any atom is 0.262 e. The van der Waals surface area contributed by atoms with Crippen LogP contribution in [0.4, 0.5) is 5.69 Å². The van der Waals surface area contributed by atoms with E-state index in [0.717, 1.165) is 18.4 Å². The normalized spacial score (nSPS) is 31.8. The summed E-state index contributed by atoms with van der Waals surface area (Å²) >= 11 is 0. The quantitative estimate of drug-likeness (QED) is 0.820. The van der Waals surface area contributed by atoms with Gasteiger partial charge in [0.25, 0.3) is 10.0 Å². The Bertz CT molecular complexity index is 955. The first-order chi connectivity index (χ1) is 12.7. The molecule has 0 radical (unpaired) electrons. The molecule has 2 aliphatic rings. The van der Waals surface area contributed by atoms with Crippen LogP contribution in [-0.2, 0) is 10.0 Å². The second-order valence-electron chi connectivity index (χ2n) is 8.76. The minimum Gasteiger partial charge on any atom is -0.392 e. The van der Waals surface area contributed by atoms with E-state index in [9.17, 15) is 13.5 Å². The van der Waals surface area contributed by atoms with Crippen LogP contribution >= 0.6 is 0 Å². The Morgan fingerprint density at radius 3 is 2.26 bits per heavy atom. The summed E-state index contributed by atoms with van der Waals surface area (Å²) in [5.41, 5.74) is 1.05. The molecule has 4 atom stereocenters. The van der Waals surface area contributed by atoms with Gasteiger partial charge in [0.1, 0.15) is 0 Å². The van der Waals surface area contributed by atoms with Crippen LogP contribution in [0.3, 0.4) is 0 Å². The molecule has 27 heavy (non-hydrogen) atoms. The van der Waals surface area contributed by atoms with E-state index in [0.29, 0.717) is 5.69 Å². The van der Waals surface area contributed by atoms with Crippen molar-refractivity contribution in [3.05, 3.63) is 60.2 Å². The summed E-state index contributed by atoms with van der Waals surface area (Å²) in [5.74, 6) is 0.105. The number of rotatable bonds is 4. The number of nitrogens with one attached hydrogen (secondary N) is 1. The van der Waals surface area contributed by atoms with E-state index < -0.39 is 16.1 Å². The van der Waals surface area contributed by atoms with Gasteiger partial charge >= 0.3 is 0 Å². The standard InChI is InChI=1S/C22H27NO3S/c1-21(2)17-13-14-22(21,3)20(24)19(17)16-11-7-8-12-18(16)27(25,26)23-15-9-5-4-6-10-15/h4-12,17,19-20,23-24H,13-14H2,1-3H3. The molecule has 0 heterocycles. The van der Waals surface area contributed by atoms with E-state index >= 15 is 0 Å². The number of para-hydroxylation sites is 1. The van der Waals surface area contributed by atoms with Gasteiger partial charge in [-0.25, -0.2) is 8.42 Å². The zero-order valence-electron chi connectivity index (χ0n) is 16.0. The Labute approximate surface area is 161 Å². The summed E-state index contributed by atoms with van der Waals surface area (Å²) < 4.78 is 29.0. The van der Waals surface area contributed by atoms with Crippen molar-refractivity contribution in [2.75, 3.05) is 4.72 Å². The first-order valence-electron chi connectivity index (χ1n) is 9.53. The average Bonchev–Trinajstić information content (AvgIpc) is 2.94. The van der Waals surface area contributed by atoms with Crippen LogP contribution in [0.1, 0.15) is 45.1 Å². The minimum absolute atomic E-state index is 0.0270.